The second-order valence-corrected chi connectivity index (χ2v) is 8.12. The molecule has 3 aromatic rings. The van der Waals surface area contributed by atoms with Gasteiger partial charge in [0, 0.05) is 49.2 Å². The number of aliphatic imine (C=N–C) groups is 1. The molecule has 1 aromatic heterocycles. The number of aromatic amines is 1. The van der Waals surface area contributed by atoms with Crippen LogP contribution < -0.4 is 0 Å². The maximum Gasteiger partial charge on any atom is 0.199 e. The monoisotopic (exact) mass is 428 g/mol. The Kier molecular flexibility index (Phi) is 5.35. The smallest absolute Gasteiger partial charge is 0.199 e. The van der Waals surface area contributed by atoms with E-state index in [0.29, 0.717) is 29.2 Å². The summed E-state index contributed by atoms with van der Waals surface area (Å²) in [4.78, 5) is 18.1. The predicted octanol–water partition coefficient (Wildman–Crippen LogP) is 2.85. The third-order valence-corrected chi connectivity index (χ3v) is 6.01. The molecule has 2 aliphatic rings. The molecule has 0 spiro atoms. The summed E-state index contributed by atoms with van der Waals surface area (Å²) in [6.07, 6.45) is 0. The maximum absolute atomic E-state index is 10.7. The molecule has 0 amide bonds. The van der Waals surface area contributed by atoms with E-state index < -0.39 is 0 Å². The van der Waals surface area contributed by atoms with Gasteiger partial charge in [0.2, 0.25) is 0 Å². The number of para-hydroxylation sites is 1. The van der Waals surface area contributed by atoms with Crippen molar-refractivity contribution in [2.45, 2.75) is 0 Å². The van der Waals surface area contributed by atoms with Crippen molar-refractivity contribution in [1.82, 2.24) is 14.8 Å². The summed E-state index contributed by atoms with van der Waals surface area (Å²) in [6.45, 7) is 5.45. The van der Waals surface area contributed by atoms with Crippen molar-refractivity contribution in [3.8, 4) is 11.9 Å². The number of likely N-dealkylation sites (N-methyl/N-ethyl adjacent to an activating group) is 1. The first kappa shape index (κ1) is 20.2. The number of aromatic nitrogens is 1. The van der Waals surface area contributed by atoms with Gasteiger partial charge in [-0.2, -0.15) is 5.26 Å². The molecule has 2 aromatic carbocycles. The van der Waals surface area contributed by atoms with Crippen LogP contribution in [0.15, 0.2) is 52.6 Å². The number of rotatable bonds is 5. The van der Waals surface area contributed by atoms with Gasteiger partial charge in [-0.3, -0.25) is 4.90 Å². The molecule has 8 nitrogen and oxygen atoms in total. The molecular formula is C24H24N6O2. The number of aromatic hydroxyl groups is 1. The zero-order valence-corrected chi connectivity index (χ0v) is 17.9. The molecule has 5 rings (SSSR count). The number of nitrogens with one attached hydrogen (secondary N) is 1. The van der Waals surface area contributed by atoms with E-state index in [0.717, 1.165) is 54.9 Å². The van der Waals surface area contributed by atoms with Crippen molar-refractivity contribution in [2.24, 2.45) is 10.1 Å². The predicted molar refractivity (Wildman–Crippen MR) is 124 cm³/mol. The highest BCUT2D eigenvalue weighted by atomic mass is 16.6. The number of benzene rings is 2. The van der Waals surface area contributed by atoms with Crippen LogP contribution >= 0.6 is 0 Å². The van der Waals surface area contributed by atoms with Crippen molar-refractivity contribution in [1.29, 1.82) is 5.26 Å². The third kappa shape index (κ3) is 3.73. The van der Waals surface area contributed by atoms with E-state index >= 15 is 0 Å². The van der Waals surface area contributed by atoms with Gasteiger partial charge in [0.15, 0.2) is 5.88 Å². The summed E-state index contributed by atoms with van der Waals surface area (Å²) in [5, 5.41) is 25.2. The van der Waals surface area contributed by atoms with Crippen LogP contribution in [0.5, 0.6) is 5.88 Å². The van der Waals surface area contributed by atoms with Gasteiger partial charge >= 0.3 is 0 Å². The highest BCUT2D eigenvalue weighted by Crippen LogP contribution is 2.36. The van der Waals surface area contributed by atoms with Gasteiger partial charge in [0.05, 0.1) is 22.9 Å². The Labute approximate surface area is 186 Å². The average molecular weight is 428 g/mol. The van der Waals surface area contributed by atoms with E-state index in [1.54, 1.807) is 18.2 Å². The summed E-state index contributed by atoms with van der Waals surface area (Å²) in [5.74, 6) is -0.00761. The SMILES string of the molecule is CN1CCN(CCO/N=C2/C(c3c(O)[nH]c4ccc(C#N)cc34)=Nc3ccccc32)CC1. The molecule has 2 N–H and O–H groups in total. The normalized spacial score (nSPS) is 18.0. The standard InChI is InChI=1S/C24H24N6O2/c1-29-8-10-30(11-9-29)12-13-32-28-22-17-4-2-3-5-19(17)26-23(22)21-18-14-16(15-25)6-7-20(18)27-24(21)31/h2-7,14,27,31H,8-13H2,1H3/b28-22+. The molecule has 8 heteroatoms. The number of oxime groups is 1. The fourth-order valence-corrected chi connectivity index (χ4v) is 4.18. The fourth-order valence-electron chi connectivity index (χ4n) is 4.18. The zero-order valence-electron chi connectivity index (χ0n) is 17.9. The molecule has 1 saturated heterocycles. The van der Waals surface area contributed by atoms with Crippen LogP contribution in [-0.4, -0.2) is 77.7 Å². The lowest BCUT2D eigenvalue weighted by atomic mass is 10.0. The second-order valence-electron chi connectivity index (χ2n) is 8.12. The van der Waals surface area contributed by atoms with Gasteiger partial charge < -0.3 is 19.8 Å². The van der Waals surface area contributed by atoms with Gasteiger partial charge in [0.1, 0.15) is 18.0 Å². The molecule has 32 heavy (non-hydrogen) atoms. The number of nitriles is 1. The van der Waals surface area contributed by atoms with E-state index in [1.807, 2.05) is 24.3 Å². The topological polar surface area (TPSA) is 100 Å². The lowest BCUT2D eigenvalue weighted by Crippen LogP contribution is -2.45. The maximum atomic E-state index is 10.7. The summed E-state index contributed by atoms with van der Waals surface area (Å²) in [7, 11) is 2.14. The largest absolute Gasteiger partial charge is 0.494 e. The first-order chi connectivity index (χ1) is 15.6. The molecular weight excluding hydrogens is 404 g/mol. The molecule has 1 fully saturated rings. The van der Waals surface area contributed by atoms with Crippen LogP contribution in [0, 0.1) is 11.3 Å². The minimum atomic E-state index is -0.00761. The second kappa shape index (κ2) is 8.46. The van der Waals surface area contributed by atoms with Crippen LogP contribution in [0.25, 0.3) is 10.9 Å². The Morgan fingerprint density at radius 1 is 1.19 bits per heavy atom. The number of fused-ring (bicyclic) bond motifs is 2. The molecule has 0 unspecified atom stereocenters. The van der Waals surface area contributed by atoms with E-state index in [1.165, 1.54) is 0 Å². The summed E-state index contributed by atoms with van der Waals surface area (Å²) in [6, 6.07) is 15.1. The molecule has 0 aliphatic carbocycles. The minimum Gasteiger partial charge on any atom is -0.494 e. The van der Waals surface area contributed by atoms with Crippen molar-refractivity contribution in [3.63, 3.8) is 0 Å². The van der Waals surface area contributed by atoms with Gasteiger partial charge in [0.25, 0.3) is 0 Å². The van der Waals surface area contributed by atoms with Crippen LogP contribution in [0.1, 0.15) is 16.7 Å². The van der Waals surface area contributed by atoms with Crippen LogP contribution in [0.2, 0.25) is 0 Å². The number of H-pyrrole nitrogens is 1. The van der Waals surface area contributed by atoms with Crippen molar-refractivity contribution >= 4 is 28.0 Å². The van der Waals surface area contributed by atoms with E-state index in [4.69, 9.17) is 9.83 Å². The Morgan fingerprint density at radius 3 is 2.81 bits per heavy atom. The lowest BCUT2D eigenvalue weighted by molar-refractivity contribution is 0.0864. The summed E-state index contributed by atoms with van der Waals surface area (Å²) >= 11 is 0. The van der Waals surface area contributed by atoms with Crippen LogP contribution in [0.3, 0.4) is 0 Å². The molecule has 0 bridgehead atoms. The first-order valence-corrected chi connectivity index (χ1v) is 10.7. The number of piperazine rings is 1. The van der Waals surface area contributed by atoms with Gasteiger partial charge in [-0.1, -0.05) is 23.4 Å². The Hall–Kier alpha value is -3.67. The van der Waals surface area contributed by atoms with E-state index in [-0.39, 0.29) is 5.88 Å². The number of hydrogen-bond donors (Lipinski definition) is 2. The first-order valence-electron chi connectivity index (χ1n) is 10.7. The molecule has 2 aliphatic heterocycles. The summed E-state index contributed by atoms with van der Waals surface area (Å²) < 4.78 is 0. The highest BCUT2D eigenvalue weighted by Gasteiger charge is 2.29. The van der Waals surface area contributed by atoms with Gasteiger partial charge in [-0.05, 0) is 31.3 Å². The van der Waals surface area contributed by atoms with Crippen LogP contribution in [-0.2, 0) is 4.84 Å². The molecule has 0 atom stereocenters. The van der Waals surface area contributed by atoms with E-state index in [9.17, 15) is 10.4 Å². The molecule has 162 valence electrons. The quantitative estimate of drug-likeness (QED) is 0.481. The minimum absolute atomic E-state index is 0.00761. The molecule has 3 heterocycles. The van der Waals surface area contributed by atoms with Crippen molar-refractivity contribution < 1.29 is 9.94 Å². The third-order valence-electron chi connectivity index (χ3n) is 6.01. The summed E-state index contributed by atoms with van der Waals surface area (Å²) in [5.41, 5.74) is 4.50. The van der Waals surface area contributed by atoms with Gasteiger partial charge in [-0.25, -0.2) is 4.99 Å². The average Bonchev–Trinajstić information content (AvgIpc) is 3.33. The Balaban J connectivity index is 1.44. The van der Waals surface area contributed by atoms with Crippen molar-refractivity contribution in [3.05, 3.63) is 59.2 Å². The zero-order chi connectivity index (χ0) is 22.1. The van der Waals surface area contributed by atoms with Gasteiger partial charge in [-0.15, -0.1) is 0 Å². The number of nitrogens with zero attached hydrogens (tertiary/aromatic N) is 5. The number of hydrogen-bond acceptors (Lipinski definition) is 7. The molecule has 0 saturated carbocycles. The van der Waals surface area contributed by atoms with E-state index in [2.05, 4.69) is 33.1 Å². The van der Waals surface area contributed by atoms with Crippen LogP contribution in [0.4, 0.5) is 5.69 Å². The Bertz CT molecular complexity index is 1260. The molecule has 0 radical (unpaired) electrons. The fraction of sp³-hybridized carbons (Fsp3) is 0.292. The highest BCUT2D eigenvalue weighted by molar-refractivity contribution is 6.58. The lowest BCUT2D eigenvalue weighted by Gasteiger charge is -2.31. The Morgan fingerprint density at radius 2 is 2.00 bits per heavy atom. The van der Waals surface area contributed by atoms with Crippen molar-refractivity contribution in [2.75, 3.05) is 46.4 Å².